The third kappa shape index (κ3) is 5.68. The van der Waals surface area contributed by atoms with Crippen LogP contribution in [0.15, 0.2) is 89.4 Å². The second kappa shape index (κ2) is 11.1. The number of oxime groups is 1. The van der Waals surface area contributed by atoms with Crippen molar-refractivity contribution in [2.45, 2.75) is 32.0 Å². The van der Waals surface area contributed by atoms with Crippen LogP contribution in [0.4, 0.5) is 5.13 Å². The minimum absolute atomic E-state index is 0.0814. The van der Waals surface area contributed by atoms with Crippen LogP contribution in [0.1, 0.15) is 42.1 Å². The molecule has 1 aliphatic carbocycles. The van der Waals surface area contributed by atoms with Crippen molar-refractivity contribution in [3.63, 3.8) is 0 Å². The zero-order chi connectivity index (χ0) is 27.4. The average Bonchev–Trinajstić information content (AvgIpc) is 3.52. The lowest BCUT2D eigenvalue weighted by atomic mass is 9.98. The van der Waals surface area contributed by atoms with Gasteiger partial charge in [0.1, 0.15) is 18.9 Å². The first-order valence-electron chi connectivity index (χ1n) is 12.4. The van der Waals surface area contributed by atoms with Crippen molar-refractivity contribution in [1.29, 1.82) is 0 Å². The van der Waals surface area contributed by atoms with Crippen LogP contribution in [0, 0.1) is 0 Å². The fourth-order valence-electron chi connectivity index (χ4n) is 4.35. The maximum atomic E-state index is 13.3. The smallest absolute Gasteiger partial charge is 0.362 e. The summed E-state index contributed by atoms with van der Waals surface area (Å²) in [5.74, 6) is -1.51. The van der Waals surface area contributed by atoms with Gasteiger partial charge in [0.2, 0.25) is 11.3 Å². The molecule has 9 heteroatoms. The fraction of sp³-hybridized carbons (Fsp3) is 0.200. The largest absolute Gasteiger partial charge is 0.460 e. The van der Waals surface area contributed by atoms with E-state index in [0.717, 1.165) is 39.2 Å². The van der Waals surface area contributed by atoms with E-state index in [0.29, 0.717) is 0 Å². The van der Waals surface area contributed by atoms with E-state index in [9.17, 15) is 9.59 Å². The molecule has 0 aliphatic heterocycles. The lowest BCUT2D eigenvalue weighted by Gasteiger charge is -2.21. The maximum absolute atomic E-state index is 13.3. The topological polar surface area (TPSA) is 113 Å². The Balaban J connectivity index is 1.32. The molecule has 1 aliphatic rings. The fourth-order valence-corrected chi connectivity index (χ4v) is 4.89. The molecule has 0 unspecified atom stereocenters. The molecule has 0 atom stereocenters. The first kappa shape index (κ1) is 26.1. The molecule has 0 radical (unpaired) electrons. The molecule has 4 aromatic rings. The molecule has 3 aromatic carbocycles. The molecule has 39 heavy (non-hydrogen) atoms. The number of nitrogens with zero attached hydrogens (tertiary/aromatic N) is 2. The number of aromatic nitrogens is 1. The number of nitrogen functional groups attached to an aromatic ring is 1. The van der Waals surface area contributed by atoms with Gasteiger partial charge in [0.15, 0.2) is 5.13 Å². The Kier molecular flexibility index (Phi) is 7.42. The zero-order valence-electron chi connectivity index (χ0n) is 21.5. The van der Waals surface area contributed by atoms with Crippen LogP contribution >= 0.6 is 11.3 Å². The number of anilines is 1. The van der Waals surface area contributed by atoms with Gasteiger partial charge < -0.3 is 20.0 Å². The van der Waals surface area contributed by atoms with E-state index in [1.807, 2.05) is 66.7 Å². The molecule has 5 rings (SSSR count). The van der Waals surface area contributed by atoms with Gasteiger partial charge in [-0.15, -0.1) is 11.3 Å². The van der Waals surface area contributed by atoms with Crippen LogP contribution in [-0.2, 0) is 30.5 Å². The SMILES string of the molecule is CC(C)(O/N=C(\C(=O)OCC1c2ccccc2-c2ccccc21)c1csc(N)n1)C(=O)OCc1ccccc1. The van der Waals surface area contributed by atoms with Crippen molar-refractivity contribution in [3.8, 4) is 11.1 Å². The summed E-state index contributed by atoms with van der Waals surface area (Å²) in [4.78, 5) is 35.8. The Morgan fingerprint density at radius 1 is 0.923 bits per heavy atom. The molecule has 8 nitrogen and oxygen atoms in total. The quantitative estimate of drug-likeness (QED) is 0.173. The van der Waals surface area contributed by atoms with Crippen LogP contribution in [0.5, 0.6) is 0 Å². The Hall–Kier alpha value is -4.50. The number of thiazole rings is 1. The molecule has 0 saturated heterocycles. The molecular weight excluding hydrogens is 514 g/mol. The Morgan fingerprint density at radius 2 is 1.54 bits per heavy atom. The predicted molar refractivity (Wildman–Crippen MR) is 149 cm³/mol. The molecule has 2 N–H and O–H groups in total. The van der Waals surface area contributed by atoms with Gasteiger partial charge in [-0.05, 0) is 41.7 Å². The number of carbonyl (C=O) groups is 2. The van der Waals surface area contributed by atoms with Crippen molar-refractivity contribution in [2.75, 3.05) is 12.3 Å². The number of carbonyl (C=O) groups excluding carboxylic acids is 2. The molecule has 198 valence electrons. The summed E-state index contributed by atoms with van der Waals surface area (Å²) < 4.78 is 11.1. The second-order valence-electron chi connectivity index (χ2n) is 9.50. The first-order chi connectivity index (χ1) is 18.8. The van der Waals surface area contributed by atoms with Gasteiger partial charge in [-0.1, -0.05) is 84.0 Å². The Labute approximate surface area is 230 Å². The summed E-state index contributed by atoms with van der Waals surface area (Å²) in [6.07, 6.45) is 0. The summed E-state index contributed by atoms with van der Waals surface area (Å²) >= 11 is 1.15. The molecule has 0 saturated carbocycles. The van der Waals surface area contributed by atoms with E-state index in [4.69, 9.17) is 20.0 Å². The number of benzene rings is 3. The van der Waals surface area contributed by atoms with Crippen LogP contribution < -0.4 is 5.73 Å². The van der Waals surface area contributed by atoms with Crippen molar-refractivity contribution >= 4 is 34.1 Å². The minimum atomic E-state index is -1.48. The number of nitrogens with two attached hydrogens (primary N) is 1. The summed E-state index contributed by atoms with van der Waals surface area (Å²) in [6.45, 7) is 3.19. The standard InChI is InChI=1S/C30H27N3O5S/c1-30(2,28(35)37-16-19-10-4-3-5-11-19)38-33-26(25-18-39-29(31)32-25)27(34)36-17-24-22-14-8-6-12-20(22)21-13-7-9-15-23(21)24/h3-15,18,24H,16-17H2,1-2H3,(H2,31,32)/b33-26-. The first-order valence-corrected chi connectivity index (χ1v) is 13.3. The van der Waals surface area contributed by atoms with Crippen LogP contribution in [0.3, 0.4) is 0 Å². The van der Waals surface area contributed by atoms with Crippen LogP contribution in [0.2, 0.25) is 0 Å². The van der Waals surface area contributed by atoms with Gasteiger partial charge in [-0.2, -0.15) is 0 Å². The monoisotopic (exact) mass is 541 g/mol. The number of esters is 2. The maximum Gasteiger partial charge on any atom is 0.362 e. The Bertz CT molecular complexity index is 1480. The molecule has 1 heterocycles. The molecule has 0 spiro atoms. The van der Waals surface area contributed by atoms with Crippen LogP contribution in [-0.4, -0.2) is 34.8 Å². The molecule has 1 aromatic heterocycles. The van der Waals surface area contributed by atoms with Gasteiger partial charge in [-0.3, -0.25) is 0 Å². The van der Waals surface area contributed by atoms with Gasteiger partial charge in [0.05, 0.1) is 0 Å². The van der Waals surface area contributed by atoms with Crippen LogP contribution in [0.25, 0.3) is 11.1 Å². The highest BCUT2D eigenvalue weighted by Crippen LogP contribution is 2.44. The third-order valence-electron chi connectivity index (χ3n) is 6.37. The third-order valence-corrected chi connectivity index (χ3v) is 7.04. The van der Waals surface area contributed by atoms with Crippen molar-refractivity contribution in [1.82, 2.24) is 4.98 Å². The Morgan fingerprint density at radius 3 is 2.15 bits per heavy atom. The zero-order valence-corrected chi connectivity index (χ0v) is 22.3. The minimum Gasteiger partial charge on any atom is -0.460 e. The lowest BCUT2D eigenvalue weighted by molar-refractivity contribution is -0.169. The highest BCUT2D eigenvalue weighted by Gasteiger charge is 2.34. The molecule has 0 amide bonds. The number of ether oxygens (including phenoxy) is 2. The normalized spacial score (nSPS) is 12.9. The molecular formula is C30H27N3O5S. The predicted octanol–water partition coefficient (Wildman–Crippen LogP) is 5.32. The van der Waals surface area contributed by atoms with Crippen molar-refractivity contribution < 1.29 is 23.9 Å². The highest BCUT2D eigenvalue weighted by atomic mass is 32.1. The second-order valence-corrected chi connectivity index (χ2v) is 10.4. The molecule has 0 bridgehead atoms. The molecule has 0 fully saturated rings. The number of hydrogen-bond acceptors (Lipinski definition) is 9. The van der Waals surface area contributed by atoms with Gasteiger partial charge in [0.25, 0.3) is 0 Å². The summed E-state index contributed by atoms with van der Waals surface area (Å²) in [7, 11) is 0. The summed E-state index contributed by atoms with van der Waals surface area (Å²) in [6, 6.07) is 25.4. The van der Waals surface area contributed by atoms with Crippen molar-refractivity contribution in [2.24, 2.45) is 5.16 Å². The van der Waals surface area contributed by atoms with Gasteiger partial charge >= 0.3 is 11.9 Å². The van der Waals surface area contributed by atoms with Crippen molar-refractivity contribution in [3.05, 3.63) is 107 Å². The van der Waals surface area contributed by atoms with Gasteiger partial charge in [0, 0.05) is 11.3 Å². The average molecular weight is 542 g/mol. The van der Waals surface area contributed by atoms with E-state index < -0.39 is 17.5 Å². The lowest BCUT2D eigenvalue weighted by Crippen LogP contribution is -2.36. The van der Waals surface area contributed by atoms with Gasteiger partial charge in [-0.25, -0.2) is 14.6 Å². The van der Waals surface area contributed by atoms with E-state index in [1.54, 1.807) is 5.38 Å². The summed E-state index contributed by atoms with van der Waals surface area (Å²) in [5.41, 5.74) is 9.58. The number of hydrogen-bond donors (Lipinski definition) is 1. The van der Waals surface area contributed by atoms with E-state index in [2.05, 4.69) is 22.3 Å². The number of fused-ring (bicyclic) bond motifs is 3. The van der Waals surface area contributed by atoms with E-state index >= 15 is 0 Å². The van der Waals surface area contributed by atoms with E-state index in [-0.39, 0.29) is 35.7 Å². The van der Waals surface area contributed by atoms with E-state index in [1.165, 1.54) is 13.8 Å². The number of rotatable bonds is 9. The summed E-state index contributed by atoms with van der Waals surface area (Å²) in [5, 5.41) is 5.86. The highest BCUT2D eigenvalue weighted by molar-refractivity contribution is 7.13.